The summed E-state index contributed by atoms with van der Waals surface area (Å²) in [5, 5.41) is 11.9. The Hall–Kier alpha value is -1.79. The topological polar surface area (TPSA) is 127 Å². The molecule has 0 radical (unpaired) electrons. The maximum atomic E-state index is 13.3. The lowest BCUT2D eigenvalue weighted by molar-refractivity contribution is -0.187. The predicted octanol–water partition coefficient (Wildman–Crippen LogP) is 4.43. The molecule has 0 amide bonds. The van der Waals surface area contributed by atoms with Gasteiger partial charge in [-0.1, -0.05) is 59.8 Å². The van der Waals surface area contributed by atoms with E-state index in [-0.39, 0.29) is 5.04 Å². The fraction of sp³-hybridized carbons (Fsp3) is 0.821. The van der Waals surface area contributed by atoms with Crippen LogP contribution in [0.15, 0.2) is 11.6 Å². The fourth-order valence-corrected chi connectivity index (χ4v) is 5.69. The molecule has 1 rings (SSSR count). The summed E-state index contributed by atoms with van der Waals surface area (Å²) in [6.07, 6.45) is 3.33. The lowest BCUT2D eigenvalue weighted by atomic mass is 9.82. The van der Waals surface area contributed by atoms with E-state index < -0.39 is 61.5 Å². The van der Waals surface area contributed by atoms with Gasteiger partial charge in [0.25, 0.3) is 0 Å². The Morgan fingerprint density at radius 3 is 2.05 bits per heavy atom. The van der Waals surface area contributed by atoms with E-state index in [0.717, 1.165) is 53.4 Å². The van der Waals surface area contributed by atoms with Crippen LogP contribution in [0.1, 0.15) is 80.1 Å². The maximum Gasteiger partial charge on any atom is 0.345 e. The normalized spacial score (nSPS) is 22.1. The molecule has 0 aromatic rings. The predicted molar refractivity (Wildman–Crippen MR) is 148 cm³/mol. The van der Waals surface area contributed by atoms with E-state index in [0.29, 0.717) is 12.5 Å². The fourth-order valence-electron chi connectivity index (χ4n) is 4.32. The van der Waals surface area contributed by atoms with Crippen molar-refractivity contribution < 1.29 is 47.6 Å². The molecular formula is C28H50O10Si. The van der Waals surface area contributed by atoms with Crippen molar-refractivity contribution in [3.05, 3.63) is 11.6 Å². The number of ether oxygens (including phenoxy) is 5. The van der Waals surface area contributed by atoms with E-state index in [9.17, 15) is 19.5 Å². The van der Waals surface area contributed by atoms with Crippen LogP contribution >= 0.6 is 0 Å². The van der Waals surface area contributed by atoms with Gasteiger partial charge in [-0.2, -0.15) is 0 Å². The van der Waals surface area contributed by atoms with Crippen LogP contribution in [0, 0.1) is 0 Å². The SMILES string of the molecule is CCCCCCC[C@H](O[Si](C)(C)C(C)(C)C)[C@@H]1OC(C)(C)O[C@H]1[C@@](O)(C(=O)OC)C(=CC(=O)OC)C(=O)OC. The van der Waals surface area contributed by atoms with Gasteiger partial charge in [-0.3, -0.25) is 0 Å². The number of hydrogen-bond acceptors (Lipinski definition) is 10. The van der Waals surface area contributed by atoms with Crippen molar-refractivity contribution in [1.82, 2.24) is 0 Å². The van der Waals surface area contributed by atoms with Crippen molar-refractivity contribution in [3.8, 4) is 0 Å². The third-order valence-electron chi connectivity index (χ3n) is 7.53. The summed E-state index contributed by atoms with van der Waals surface area (Å²) >= 11 is 0. The Balaban J connectivity index is 3.74. The number of esters is 3. The summed E-state index contributed by atoms with van der Waals surface area (Å²) in [4.78, 5) is 38.4. The van der Waals surface area contributed by atoms with E-state index in [1.807, 2.05) is 0 Å². The van der Waals surface area contributed by atoms with Gasteiger partial charge >= 0.3 is 17.9 Å². The molecule has 0 saturated carbocycles. The molecule has 11 heteroatoms. The Labute approximate surface area is 234 Å². The Kier molecular flexibility index (Phi) is 12.8. The third-order valence-corrected chi connectivity index (χ3v) is 12.0. The standard InChI is InChI=1S/C28H50O10Si/c1-12-13-14-15-16-17-20(38-39(10,11)26(2,3)4)22-23(37-27(5,6)36-22)28(32,25(31)35-9)19(24(30)34-8)18-21(29)33-7/h18,20,22-23,32H,12-17H2,1-11H3/t20-,22-,23+,28+/m0/s1. The van der Waals surface area contributed by atoms with Crippen molar-refractivity contribution in [2.24, 2.45) is 0 Å². The molecule has 1 fully saturated rings. The molecule has 0 unspecified atom stereocenters. The highest BCUT2D eigenvalue weighted by atomic mass is 28.4. The number of unbranched alkanes of at least 4 members (excludes halogenated alkanes) is 4. The van der Waals surface area contributed by atoms with E-state index in [2.05, 4.69) is 45.5 Å². The van der Waals surface area contributed by atoms with Crippen molar-refractivity contribution in [2.45, 2.75) is 128 Å². The lowest BCUT2D eigenvalue weighted by Gasteiger charge is -2.42. The minimum atomic E-state index is -2.77. The summed E-state index contributed by atoms with van der Waals surface area (Å²) in [6.45, 7) is 16.0. The molecule has 4 atom stereocenters. The molecule has 10 nitrogen and oxygen atoms in total. The third kappa shape index (κ3) is 8.85. The zero-order valence-corrected chi connectivity index (χ0v) is 26.7. The molecule has 1 N–H and O–H groups in total. The highest BCUT2D eigenvalue weighted by Gasteiger charge is 2.63. The van der Waals surface area contributed by atoms with Gasteiger partial charge in [-0.15, -0.1) is 0 Å². The second-order valence-electron chi connectivity index (χ2n) is 12.0. The summed E-state index contributed by atoms with van der Waals surface area (Å²) in [7, 11) is 0.853. The summed E-state index contributed by atoms with van der Waals surface area (Å²) < 4.78 is 33.7. The van der Waals surface area contributed by atoms with Gasteiger partial charge in [0.2, 0.25) is 5.60 Å². The van der Waals surface area contributed by atoms with Gasteiger partial charge in [0, 0.05) is 6.08 Å². The van der Waals surface area contributed by atoms with Gasteiger partial charge in [0.1, 0.15) is 12.2 Å². The quantitative estimate of drug-likeness (QED) is 0.105. The first kappa shape index (κ1) is 35.2. The molecule has 1 saturated heterocycles. The summed E-state index contributed by atoms with van der Waals surface area (Å²) in [5.41, 5.74) is -3.46. The molecule has 0 aromatic heterocycles. The first-order chi connectivity index (χ1) is 17.9. The molecule has 1 heterocycles. The minimum Gasteiger partial charge on any atom is -0.467 e. The van der Waals surface area contributed by atoms with Crippen LogP contribution in [-0.4, -0.2) is 82.4 Å². The van der Waals surface area contributed by atoms with Crippen molar-refractivity contribution in [3.63, 3.8) is 0 Å². The second-order valence-corrected chi connectivity index (χ2v) is 16.7. The zero-order chi connectivity index (χ0) is 30.2. The molecule has 1 aliphatic heterocycles. The number of methoxy groups -OCH3 is 3. The summed E-state index contributed by atoms with van der Waals surface area (Å²) in [6, 6.07) is 0. The molecule has 0 aromatic carbocycles. The van der Waals surface area contributed by atoms with E-state index in [1.165, 1.54) is 0 Å². The zero-order valence-electron chi connectivity index (χ0n) is 25.7. The van der Waals surface area contributed by atoms with Gasteiger partial charge in [0.05, 0.1) is 33.0 Å². The lowest BCUT2D eigenvalue weighted by Crippen LogP contribution is -2.60. The van der Waals surface area contributed by atoms with Crippen LogP contribution in [0.5, 0.6) is 0 Å². The average Bonchev–Trinajstić information content (AvgIpc) is 3.19. The highest BCUT2D eigenvalue weighted by Crippen LogP contribution is 2.44. The van der Waals surface area contributed by atoms with Gasteiger partial charge in [-0.05, 0) is 38.4 Å². The molecule has 1 aliphatic rings. The summed E-state index contributed by atoms with van der Waals surface area (Å²) in [5.74, 6) is -4.58. The van der Waals surface area contributed by atoms with E-state index >= 15 is 0 Å². The molecule has 0 aliphatic carbocycles. The number of aliphatic hydroxyl groups is 1. The number of rotatable bonds is 14. The Bertz CT molecular complexity index is 876. The Morgan fingerprint density at radius 2 is 1.56 bits per heavy atom. The van der Waals surface area contributed by atoms with Crippen LogP contribution in [0.3, 0.4) is 0 Å². The van der Waals surface area contributed by atoms with Gasteiger partial charge in [-0.25, -0.2) is 14.4 Å². The average molecular weight is 575 g/mol. The largest absolute Gasteiger partial charge is 0.467 e. The molecule has 0 bridgehead atoms. The van der Waals surface area contributed by atoms with Crippen molar-refractivity contribution in [1.29, 1.82) is 0 Å². The first-order valence-corrected chi connectivity index (χ1v) is 16.5. The monoisotopic (exact) mass is 574 g/mol. The number of carbonyl (C=O) groups is 3. The molecule has 226 valence electrons. The molecule has 39 heavy (non-hydrogen) atoms. The number of carbonyl (C=O) groups excluding carboxylic acids is 3. The van der Waals surface area contributed by atoms with E-state index in [4.69, 9.17) is 23.4 Å². The smallest absolute Gasteiger partial charge is 0.345 e. The first-order valence-electron chi connectivity index (χ1n) is 13.6. The maximum absolute atomic E-state index is 13.3. The van der Waals surface area contributed by atoms with Crippen LogP contribution in [0.4, 0.5) is 0 Å². The van der Waals surface area contributed by atoms with Crippen molar-refractivity contribution in [2.75, 3.05) is 21.3 Å². The van der Waals surface area contributed by atoms with E-state index in [1.54, 1.807) is 13.8 Å². The van der Waals surface area contributed by atoms with Gasteiger partial charge in [0.15, 0.2) is 14.1 Å². The second kappa shape index (κ2) is 14.2. The Morgan fingerprint density at radius 1 is 0.974 bits per heavy atom. The van der Waals surface area contributed by atoms with Crippen LogP contribution < -0.4 is 0 Å². The van der Waals surface area contributed by atoms with Gasteiger partial charge < -0.3 is 33.2 Å². The highest BCUT2D eigenvalue weighted by molar-refractivity contribution is 6.74. The van der Waals surface area contributed by atoms with Crippen LogP contribution in [0.2, 0.25) is 18.1 Å². The van der Waals surface area contributed by atoms with Crippen LogP contribution in [-0.2, 0) is 42.5 Å². The van der Waals surface area contributed by atoms with Crippen molar-refractivity contribution >= 4 is 26.2 Å². The van der Waals surface area contributed by atoms with Crippen LogP contribution in [0.25, 0.3) is 0 Å². The minimum absolute atomic E-state index is 0.140. The molecule has 0 spiro atoms. The number of hydrogen-bond donors (Lipinski definition) is 1. The molecular weight excluding hydrogens is 524 g/mol.